The molecule has 0 aliphatic carbocycles. The zero-order valence-corrected chi connectivity index (χ0v) is 31.4. The predicted octanol–water partition coefficient (Wildman–Crippen LogP) is 9.66. The van der Waals surface area contributed by atoms with Crippen LogP contribution >= 0.6 is 0 Å². The number of rotatable bonds is 17. The van der Waals surface area contributed by atoms with Gasteiger partial charge < -0.3 is 18.9 Å². The molecular weight excluding hydrogens is 609 g/mol. The second-order valence-corrected chi connectivity index (χ2v) is 15.9. The minimum atomic E-state index is -3.55. The minimum Gasteiger partial charge on any atom is -0.487 e. The average Bonchev–Trinajstić information content (AvgIpc) is 3.01. The van der Waals surface area contributed by atoms with Crippen molar-refractivity contribution >= 4 is 9.84 Å². The van der Waals surface area contributed by atoms with Crippen LogP contribution in [0.1, 0.15) is 101 Å². The van der Waals surface area contributed by atoms with Crippen LogP contribution in [0.2, 0.25) is 0 Å². The first-order valence-electron chi connectivity index (χ1n) is 17.0. The number of sulfone groups is 1. The topological polar surface area (TPSA) is 71.1 Å². The van der Waals surface area contributed by atoms with Crippen LogP contribution in [0.5, 0.6) is 11.5 Å². The molecule has 1 heterocycles. The molecule has 0 aromatic heterocycles. The fraction of sp³-hybridized carbons (Fsp3) is 0.550. The van der Waals surface area contributed by atoms with E-state index in [-0.39, 0.29) is 12.4 Å². The summed E-state index contributed by atoms with van der Waals surface area (Å²) in [5, 5.41) is -0.614. The molecule has 6 nitrogen and oxygen atoms in total. The number of hydrogen-bond donors (Lipinski definition) is 0. The Hall–Kier alpha value is -2.87. The number of ether oxygens (including phenoxy) is 4. The summed E-state index contributed by atoms with van der Waals surface area (Å²) in [7, 11) is -1.89. The van der Waals surface area contributed by atoms with Crippen LogP contribution in [0, 0.1) is 27.7 Å². The standard InChI is InChI=1S/C40H58O6S/c1-28(2)13-11-14-30(4)25-36(47(41,42)35-18-16-29(3)17-19-35)26-31(5)15-12-21-40(9)22-20-37-34(8)38(45-27-44-24-23-43-10)32(6)33(7)39(37)46-40/h13,15-19,25,36H,11-12,14,20-24,26-27H2,1-10H3/b30-25+,31-15+. The molecule has 0 fully saturated rings. The van der Waals surface area contributed by atoms with Gasteiger partial charge in [0.05, 0.1) is 23.4 Å². The third-order valence-electron chi connectivity index (χ3n) is 9.28. The molecule has 0 saturated heterocycles. The molecule has 2 unspecified atom stereocenters. The van der Waals surface area contributed by atoms with Crippen molar-refractivity contribution in [2.45, 2.75) is 123 Å². The summed E-state index contributed by atoms with van der Waals surface area (Å²) >= 11 is 0. The van der Waals surface area contributed by atoms with Gasteiger partial charge in [-0.3, -0.25) is 0 Å². The van der Waals surface area contributed by atoms with Gasteiger partial charge in [0.25, 0.3) is 0 Å². The first-order valence-corrected chi connectivity index (χ1v) is 18.5. The zero-order valence-electron chi connectivity index (χ0n) is 30.5. The van der Waals surface area contributed by atoms with Crippen molar-refractivity contribution in [2.75, 3.05) is 27.1 Å². The van der Waals surface area contributed by atoms with Gasteiger partial charge in [-0.2, -0.15) is 0 Å². The number of fused-ring (bicyclic) bond motifs is 1. The Labute approximate surface area is 285 Å². The van der Waals surface area contributed by atoms with E-state index in [2.05, 4.69) is 60.6 Å². The predicted molar refractivity (Wildman–Crippen MR) is 194 cm³/mol. The van der Waals surface area contributed by atoms with E-state index in [9.17, 15) is 8.42 Å². The second-order valence-electron chi connectivity index (χ2n) is 13.7. The fourth-order valence-corrected chi connectivity index (χ4v) is 7.91. The zero-order chi connectivity index (χ0) is 34.8. The van der Waals surface area contributed by atoms with Gasteiger partial charge in [-0.1, -0.05) is 52.6 Å². The van der Waals surface area contributed by atoms with Gasteiger partial charge in [0.15, 0.2) is 16.6 Å². The minimum absolute atomic E-state index is 0.186. The van der Waals surface area contributed by atoms with Crippen LogP contribution in [-0.2, 0) is 25.7 Å². The van der Waals surface area contributed by atoms with E-state index in [4.69, 9.17) is 18.9 Å². The molecular formula is C40H58O6S. The molecule has 2 aromatic carbocycles. The molecule has 260 valence electrons. The van der Waals surface area contributed by atoms with E-state index in [0.717, 1.165) is 83.4 Å². The molecule has 0 N–H and O–H groups in total. The molecule has 1 aliphatic rings. The van der Waals surface area contributed by atoms with Gasteiger partial charge in [-0.05, 0) is 136 Å². The molecule has 2 atom stereocenters. The number of hydrogen-bond acceptors (Lipinski definition) is 6. The Kier molecular flexibility index (Phi) is 14.4. The van der Waals surface area contributed by atoms with Crippen LogP contribution < -0.4 is 9.47 Å². The third-order valence-corrected chi connectivity index (χ3v) is 11.3. The first-order chi connectivity index (χ1) is 22.2. The maximum Gasteiger partial charge on any atom is 0.189 e. The lowest BCUT2D eigenvalue weighted by Crippen LogP contribution is -2.37. The summed E-state index contributed by atoms with van der Waals surface area (Å²) in [6, 6.07) is 7.22. The van der Waals surface area contributed by atoms with Crippen LogP contribution in [-0.4, -0.2) is 46.4 Å². The number of aryl methyl sites for hydroxylation is 1. The normalized spacial score (nSPS) is 17.6. The Balaban J connectivity index is 1.74. The van der Waals surface area contributed by atoms with Gasteiger partial charge in [0.1, 0.15) is 17.1 Å². The summed E-state index contributed by atoms with van der Waals surface area (Å²) in [4.78, 5) is 0.379. The number of benzene rings is 2. The summed E-state index contributed by atoms with van der Waals surface area (Å²) in [6.45, 7) is 19.9. The number of allylic oxidation sites excluding steroid dienone is 5. The summed E-state index contributed by atoms with van der Waals surface area (Å²) in [5.41, 5.74) is 8.69. The average molecular weight is 667 g/mol. The molecule has 0 amide bonds. The van der Waals surface area contributed by atoms with Crippen molar-refractivity contribution in [3.63, 3.8) is 0 Å². The van der Waals surface area contributed by atoms with Gasteiger partial charge >= 0.3 is 0 Å². The molecule has 2 aromatic rings. The van der Waals surface area contributed by atoms with Crippen molar-refractivity contribution in [3.8, 4) is 11.5 Å². The Morgan fingerprint density at radius 2 is 1.64 bits per heavy atom. The summed E-state index contributed by atoms with van der Waals surface area (Å²) in [6.07, 6.45) is 12.1. The molecule has 0 radical (unpaired) electrons. The summed E-state index contributed by atoms with van der Waals surface area (Å²) < 4.78 is 51.2. The van der Waals surface area contributed by atoms with E-state index >= 15 is 0 Å². The molecule has 0 spiro atoms. The lowest BCUT2D eigenvalue weighted by atomic mass is 9.85. The third kappa shape index (κ3) is 10.8. The Morgan fingerprint density at radius 3 is 2.30 bits per heavy atom. The Bertz CT molecular complexity index is 1540. The van der Waals surface area contributed by atoms with E-state index < -0.39 is 15.1 Å². The molecule has 0 saturated carbocycles. The largest absolute Gasteiger partial charge is 0.487 e. The Morgan fingerprint density at radius 1 is 0.936 bits per heavy atom. The van der Waals surface area contributed by atoms with Crippen LogP contribution in [0.4, 0.5) is 0 Å². The first kappa shape index (κ1) is 38.6. The van der Waals surface area contributed by atoms with Crippen molar-refractivity contribution in [1.82, 2.24) is 0 Å². The highest BCUT2D eigenvalue weighted by Gasteiger charge is 2.34. The highest BCUT2D eigenvalue weighted by atomic mass is 32.2. The SMILES string of the molecule is COCCOCOc1c(C)c(C)c2c(c1C)CCC(C)(CC/C=C(\C)CC(/C=C(\C)CCC=C(C)C)S(=O)(=O)c1ccc(C)cc1)O2. The monoisotopic (exact) mass is 666 g/mol. The van der Waals surface area contributed by atoms with Crippen molar-refractivity contribution in [2.24, 2.45) is 0 Å². The van der Waals surface area contributed by atoms with Crippen LogP contribution in [0.25, 0.3) is 0 Å². The molecule has 7 heteroatoms. The molecule has 3 rings (SSSR count). The van der Waals surface area contributed by atoms with Crippen molar-refractivity contribution in [3.05, 3.63) is 87.0 Å². The van der Waals surface area contributed by atoms with Gasteiger partial charge in [0, 0.05) is 12.7 Å². The maximum atomic E-state index is 13.9. The van der Waals surface area contributed by atoms with Gasteiger partial charge in [0.2, 0.25) is 0 Å². The van der Waals surface area contributed by atoms with E-state index in [1.54, 1.807) is 19.2 Å². The van der Waals surface area contributed by atoms with Crippen LogP contribution in [0.3, 0.4) is 0 Å². The summed E-state index contributed by atoms with van der Waals surface area (Å²) in [5.74, 6) is 1.85. The van der Waals surface area contributed by atoms with Gasteiger partial charge in [-0.15, -0.1) is 0 Å². The van der Waals surface area contributed by atoms with Crippen molar-refractivity contribution < 1.29 is 27.4 Å². The molecule has 0 bridgehead atoms. The highest BCUT2D eigenvalue weighted by molar-refractivity contribution is 7.92. The fourth-order valence-electron chi connectivity index (χ4n) is 6.15. The van der Waals surface area contributed by atoms with E-state index in [0.29, 0.717) is 24.5 Å². The van der Waals surface area contributed by atoms with Crippen LogP contribution in [0.15, 0.2) is 64.1 Å². The van der Waals surface area contributed by atoms with E-state index in [1.165, 1.54) is 11.1 Å². The lowest BCUT2D eigenvalue weighted by Gasteiger charge is -2.38. The van der Waals surface area contributed by atoms with Crippen molar-refractivity contribution in [1.29, 1.82) is 0 Å². The number of methoxy groups -OCH3 is 1. The quantitative estimate of drug-likeness (QED) is 0.0951. The highest BCUT2D eigenvalue weighted by Crippen LogP contribution is 2.45. The molecule has 1 aliphatic heterocycles. The lowest BCUT2D eigenvalue weighted by molar-refractivity contribution is -0.00936. The van der Waals surface area contributed by atoms with Gasteiger partial charge in [-0.25, -0.2) is 8.42 Å². The maximum absolute atomic E-state index is 13.9. The smallest absolute Gasteiger partial charge is 0.189 e. The van der Waals surface area contributed by atoms with E-state index in [1.807, 2.05) is 32.1 Å². The molecule has 47 heavy (non-hydrogen) atoms. The second kappa shape index (κ2) is 17.5.